The third kappa shape index (κ3) is 4.03. The van der Waals surface area contributed by atoms with Gasteiger partial charge in [0.25, 0.3) is 0 Å². The Morgan fingerprint density at radius 1 is 1.32 bits per heavy atom. The van der Waals surface area contributed by atoms with Gasteiger partial charge in [0.1, 0.15) is 10.6 Å². The van der Waals surface area contributed by atoms with Gasteiger partial charge in [-0.15, -0.1) is 0 Å². The van der Waals surface area contributed by atoms with Crippen LogP contribution in [0.4, 0.5) is 0 Å². The first-order chi connectivity index (χ1) is 8.83. The largest absolute Gasteiger partial charge is 0.360 e. The lowest BCUT2D eigenvalue weighted by molar-refractivity contribution is 0.390. The van der Waals surface area contributed by atoms with E-state index in [1.807, 2.05) is 0 Å². The van der Waals surface area contributed by atoms with Gasteiger partial charge in [0.15, 0.2) is 5.76 Å². The second-order valence-corrected chi connectivity index (χ2v) is 7.48. The summed E-state index contributed by atoms with van der Waals surface area (Å²) >= 11 is 3.55. The van der Waals surface area contributed by atoms with Crippen LogP contribution in [0.2, 0.25) is 0 Å². The van der Waals surface area contributed by atoms with Crippen LogP contribution in [0.1, 0.15) is 38.1 Å². The first kappa shape index (κ1) is 16.7. The first-order valence-electron chi connectivity index (χ1n) is 6.40. The molecule has 0 spiro atoms. The molecular formula is C12H21BrN2O3S. The number of aromatic nitrogens is 1. The standard InChI is InChI=1S/C12H21BrN2O3S/c1-5-10(6-2)11(13)7-14-19(16,17)12-8(3)15-18-9(12)4/h10-11,14H,5-7H2,1-4H3. The van der Waals surface area contributed by atoms with Crippen LogP contribution in [0.25, 0.3) is 0 Å². The molecule has 1 atom stereocenters. The van der Waals surface area contributed by atoms with Gasteiger partial charge in [-0.3, -0.25) is 0 Å². The molecule has 0 aliphatic carbocycles. The van der Waals surface area contributed by atoms with Crippen molar-refractivity contribution < 1.29 is 12.9 Å². The summed E-state index contributed by atoms with van der Waals surface area (Å²) in [6.07, 6.45) is 2.03. The molecule has 110 valence electrons. The minimum absolute atomic E-state index is 0.123. The van der Waals surface area contributed by atoms with Crippen molar-refractivity contribution in [3.05, 3.63) is 11.5 Å². The third-order valence-electron chi connectivity index (χ3n) is 3.27. The lowest BCUT2D eigenvalue weighted by Gasteiger charge is -2.19. The Bertz CT molecular complexity index is 490. The molecule has 1 N–H and O–H groups in total. The van der Waals surface area contributed by atoms with Gasteiger partial charge in [-0.2, -0.15) is 0 Å². The predicted molar refractivity (Wildman–Crippen MR) is 78.0 cm³/mol. The van der Waals surface area contributed by atoms with Crippen LogP contribution in [-0.2, 0) is 10.0 Å². The molecular weight excluding hydrogens is 332 g/mol. The Kier molecular flexibility index (Phi) is 6.01. The number of halogens is 1. The van der Waals surface area contributed by atoms with Gasteiger partial charge in [0.2, 0.25) is 10.0 Å². The number of hydrogen-bond acceptors (Lipinski definition) is 4. The Balaban J connectivity index is 2.77. The van der Waals surface area contributed by atoms with Crippen LogP contribution in [0, 0.1) is 19.8 Å². The predicted octanol–water partition coefficient (Wildman–Crippen LogP) is 2.77. The van der Waals surface area contributed by atoms with Gasteiger partial charge in [-0.1, -0.05) is 47.8 Å². The lowest BCUT2D eigenvalue weighted by atomic mass is 10.00. The molecule has 7 heteroatoms. The quantitative estimate of drug-likeness (QED) is 0.765. The number of rotatable bonds is 7. The normalized spacial score (nSPS) is 14.0. The maximum atomic E-state index is 12.2. The molecule has 1 aromatic heterocycles. The SMILES string of the molecule is CCC(CC)C(Br)CNS(=O)(=O)c1c(C)noc1C. The van der Waals surface area contributed by atoms with Crippen molar-refractivity contribution in [2.24, 2.45) is 5.92 Å². The highest BCUT2D eigenvalue weighted by molar-refractivity contribution is 9.09. The molecule has 0 fully saturated rings. The zero-order valence-corrected chi connectivity index (χ0v) is 14.1. The molecule has 0 saturated heterocycles. The van der Waals surface area contributed by atoms with E-state index >= 15 is 0 Å². The fourth-order valence-electron chi connectivity index (χ4n) is 2.09. The van der Waals surface area contributed by atoms with Gasteiger partial charge in [-0.05, 0) is 19.8 Å². The molecule has 1 unspecified atom stereocenters. The number of nitrogens with one attached hydrogen (secondary N) is 1. The van der Waals surface area contributed by atoms with Crippen molar-refractivity contribution in [2.45, 2.75) is 50.3 Å². The lowest BCUT2D eigenvalue weighted by Crippen LogP contribution is -2.33. The maximum absolute atomic E-state index is 12.2. The van der Waals surface area contributed by atoms with Crippen LogP contribution >= 0.6 is 15.9 Å². The highest BCUT2D eigenvalue weighted by Crippen LogP contribution is 2.22. The van der Waals surface area contributed by atoms with Gasteiger partial charge in [-0.25, -0.2) is 13.1 Å². The zero-order chi connectivity index (χ0) is 14.6. The second kappa shape index (κ2) is 6.85. The van der Waals surface area contributed by atoms with Crippen molar-refractivity contribution in [3.8, 4) is 0 Å². The smallest absolute Gasteiger partial charge is 0.246 e. The van der Waals surface area contributed by atoms with Crippen LogP contribution in [0.3, 0.4) is 0 Å². The molecule has 0 amide bonds. The fourth-order valence-corrected chi connectivity index (χ4v) is 4.60. The minimum Gasteiger partial charge on any atom is -0.360 e. The topological polar surface area (TPSA) is 72.2 Å². The van der Waals surface area contributed by atoms with E-state index in [1.54, 1.807) is 13.8 Å². The zero-order valence-electron chi connectivity index (χ0n) is 11.7. The summed E-state index contributed by atoms with van der Waals surface area (Å²) in [6, 6.07) is 0. The van der Waals surface area contributed by atoms with E-state index in [9.17, 15) is 8.42 Å². The number of nitrogens with zero attached hydrogens (tertiary/aromatic N) is 1. The van der Waals surface area contributed by atoms with Crippen molar-refractivity contribution in [1.29, 1.82) is 0 Å². The molecule has 0 aliphatic heterocycles. The Labute approximate surface area is 123 Å². The second-order valence-electron chi connectivity index (χ2n) is 4.60. The van der Waals surface area contributed by atoms with Gasteiger partial charge < -0.3 is 4.52 Å². The van der Waals surface area contributed by atoms with E-state index in [4.69, 9.17) is 4.52 Å². The summed E-state index contributed by atoms with van der Waals surface area (Å²) in [6.45, 7) is 7.79. The molecule has 0 aromatic carbocycles. The van der Waals surface area contributed by atoms with E-state index in [0.29, 0.717) is 23.9 Å². The Morgan fingerprint density at radius 2 is 1.89 bits per heavy atom. The molecule has 0 aliphatic rings. The number of hydrogen-bond donors (Lipinski definition) is 1. The first-order valence-corrected chi connectivity index (χ1v) is 8.79. The summed E-state index contributed by atoms with van der Waals surface area (Å²) in [5.74, 6) is 0.769. The summed E-state index contributed by atoms with van der Waals surface area (Å²) < 4.78 is 31.9. The fraction of sp³-hybridized carbons (Fsp3) is 0.750. The van der Waals surface area contributed by atoms with Gasteiger partial charge in [0.05, 0.1) is 0 Å². The van der Waals surface area contributed by atoms with Crippen molar-refractivity contribution >= 4 is 26.0 Å². The molecule has 1 aromatic rings. The van der Waals surface area contributed by atoms with E-state index < -0.39 is 10.0 Å². The summed E-state index contributed by atoms with van der Waals surface area (Å²) in [7, 11) is -3.56. The van der Waals surface area contributed by atoms with E-state index in [0.717, 1.165) is 12.8 Å². The van der Waals surface area contributed by atoms with E-state index in [2.05, 4.69) is 39.7 Å². The van der Waals surface area contributed by atoms with Crippen molar-refractivity contribution in [3.63, 3.8) is 0 Å². The number of sulfonamides is 1. The average Bonchev–Trinajstić information content (AvgIpc) is 2.69. The van der Waals surface area contributed by atoms with E-state index in [1.165, 1.54) is 0 Å². The molecule has 0 bridgehead atoms. The Morgan fingerprint density at radius 3 is 2.32 bits per heavy atom. The third-order valence-corrected chi connectivity index (χ3v) is 6.00. The number of alkyl halides is 1. The number of aryl methyl sites for hydroxylation is 2. The molecule has 0 saturated carbocycles. The van der Waals surface area contributed by atoms with Crippen molar-refractivity contribution in [2.75, 3.05) is 6.54 Å². The molecule has 1 rings (SSSR count). The molecule has 5 nitrogen and oxygen atoms in total. The van der Waals surface area contributed by atoms with Crippen LogP contribution in [-0.4, -0.2) is 24.9 Å². The maximum Gasteiger partial charge on any atom is 0.246 e. The van der Waals surface area contributed by atoms with Gasteiger partial charge in [0, 0.05) is 11.4 Å². The minimum atomic E-state index is -3.56. The van der Waals surface area contributed by atoms with Crippen LogP contribution < -0.4 is 4.72 Å². The monoisotopic (exact) mass is 352 g/mol. The Hall–Kier alpha value is -0.400. The molecule has 19 heavy (non-hydrogen) atoms. The van der Waals surface area contributed by atoms with Crippen molar-refractivity contribution in [1.82, 2.24) is 9.88 Å². The molecule has 0 radical (unpaired) electrons. The van der Waals surface area contributed by atoms with Crippen LogP contribution in [0.5, 0.6) is 0 Å². The van der Waals surface area contributed by atoms with Crippen LogP contribution in [0.15, 0.2) is 9.42 Å². The molecule has 1 heterocycles. The highest BCUT2D eigenvalue weighted by Gasteiger charge is 2.25. The summed E-state index contributed by atoms with van der Waals surface area (Å²) in [4.78, 5) is 0.273. The average molecular weight is 353 g/mol. The summed E-state index contributed by atoms with van der Waals surface area (Å²) in [5.41, 5.74) is 0.388. The highest BCUT2D eigenvalue weighted by atomic mass is 79.9. The summed E-state index contributed by atoms with van der Waals surface area (Å²) in [5, 5.41) is 3.67. The van der Waals surface area contributed by atoms with E-state index in [-0.39, 0.29) is 9.72 Å². The van der Waals surface area contributed by atoms with Gasteiger partial charge >= 0.3 is 0 Å².